The fourth-order valence-corrected chi connectivity index (χ4v) is 4.74. The average molecular weight is 467 g/mol. The Labute approximate surface area is 198 Å². The van der Waals surface area contributed by atoms with Gasteiger partial charge in [-0.2, -0.15) is 0 Å². The first kappa shape index (κ1) is 22.6. The van der Waals surface area contributed by atoms with E-state index in [4.69, 9.17) is 9.47 Å². The first-order chi connectivity index (χ1) is 16.6. The van der Waals surface area contributed by atoms with E-state index in [0.29, 0.717) is 57.9 Å². The Kier molecular flexibility index (Phi) is 6.40. The largest absolute Gasteiger partial charge is 0.394 e. The third-order valence-electron chi connectivity index (χ3n) is 6.81. The molecule has 2 saturated heterocycles. The number of ether oxygens (including phenoxy) is 2. The minimum Gasteiger partial charge on any atom is -0.394 e. The van der Waals surface area contributed by atoms with Crippen molar-refractivity contribution in [2.24, 2.45) is 0 Å². The molecular formula is C25H30N4O5. The van der Waals surface area contributed by atoms with Crippen LogP contribution >= 0.6 is 0 Å². The molecule has 9 heteroatoms. The molecule has 180 valence electrons. The molecule has 0 spiro atoms. The van der Waals surface area contributed by atoms with Gasteiger partial charge in [0.2, 0.25) is 0 Å². The number of fused-ring (bicyclic) bond motifs is 1. The summed E-state index contributed by atoms with van der Waals surface area (Å²) in [5.74, 6) is -0.209. The van der Waals surface area contributed by atoms with Crippen molar-refractivity contribution in [3.05, 3.63) is 65.5 Å². The Hall–Kier alpha value is -3.14. The molecule has 1 atom stereocenters. The SMILES string of the molecule is O=C(NC1(CO)CCOCC1)C1NC(c2ccc(C(=O)N3CCOCC3)cc2)=C2C=CC=CN21. The Morgan fingerprint density at radius 1 is 1.06 bits per heavy atom. The second-order valence-corrected chi connectivity index (χ2v) is 8.94. The van der Waals surface area contributed by atoms with Gasteiger partial charge >= 0.3 is 0 Å². The van der Waals surface area contributed by atoms with Crippen molar-refractivity contribution < 1.29 is 24.2 Å². The van der Waals surface area contributed by atoms with Crippen LogP contribution in [0.3, 0.4) is 0 Å². The van der Waals surface area contributed by atoms with Gasteiger partial charge < -0.3 is 35.0 Å². The summed E-state index contributed by atoms with van der Waals surface area (Å²) in [6.45, 7) is 3.21. The number of amides is 2. The monoisotopic (exact) mass is 466 g/mol. The zero-order chi connectivity index (χ0) is 23.5. The highest BCUT2D eigenvalue weighted by atomic mass is 16.5. The Morgan fingerprint density at radius 2 is 1.76 bits per heavy atom. The number of morpholine rings is 1. The predicted octanol–water partition coefficient (Wildman–Crippen LogP) is 0.800. The fourth-order valence-electron chi connectivity index (χ4n) is 4.74. The molecule has 0 aromatic heterocycles. The van der Waals surface area contributed by atoms with Gasteiger partial charge in [0.15, 0.2) is 6.17 Å². The van der Waals surface area contributed by atoms with Crippen molar-refractivity contribution in [1.82, 2.24) is 20.4 Å². The number of allylic oxidation sites excluding steroid dienone is 3. The normalized spacial score (nSPS) is 23.5. The topological polar surface area (TPSA) is 103 Å². The smallest absolute Gasteiger partial charge is 0.264 e. The van der Waals surface area contributed by atoms with E-state index in [9.17, 15) is 14.7 Å². The number of benzene rings is 1. The van der Waals surface area contributed by atoms with Gasteiger partial charge in [0.1, 0.15) is 0 Å². The lowest BCUT2D eigenvalue weighted by molar-refractivity contribution is -0.129. The van der Waals surface area contributed by atoms with Gasteiger partial charge in [-0.25, -0.2) is 0 Å². The first-order valence-corrected chi connectivity index (χ1v) is 11.7. The average Bonchev–Trinajstić information content (AvgIpc) is 3.29. The standard InChI is InChI=1S/C25H30N4O5/c30-17-25(8-13-33-14-9-25)27-23(31)22-26-21(20-3-1-2-10-29(20)22)18-4-6-19(7-5-18)24(32)28-11-15-34-16-12-28/h1-7,10,22,26,30H,8-9,11-17H2,(H,27,31). The molecule has 4 aliphatic heterocycles. The summed E-state index contributed by atoms with van der Waals surface area (Å²) in [5, 5.41) is 16.4. The van der Waals surface area contributed by atoms with Crippen LogP contribution in [0.5, 0.6) is 0 Å². The van der Waals surface area contributed by atoms with Crippen LogP contribution in [-0.4, -0.2) is 84.5 Å². The number of nitrogens with one attached hydrogen (secondary N) is 2. The lowest BCUT2D eigenvalue weighted by atomic mass is 9.91. The molecule has 3 N–H and O–H groups in total. The number of hydrogen-bond donors (Lipinski definition) is 3. The number of aliphatic hydroxyl groups excluding tert-OH is 1. The second-order valence-electron chi connectivity index (χ2n) is 8.94. The summed E-state index contributed by atoms with van der Waals surface area (Å²) in [5.41, 5.74) is 2.54. The van der Waals surface area contributed by atoms with Crippen molar-refractivity contribution in [3.63, 3.8) is 0 Å². The zero-order valence-corrected chi connectivity index (χ0v) is 19.0. The van der Waals surface area contributed by atoms with Gasteiger partial charge in [-0.1, -0.05) is 18.2 Å². The second kappa shape index (κ2) is 9.61. The lowest BCUT2D eigenvalue weighted by Crippen LogP contribution is -2.60. The molecule has 1 aromatic carbocycles. The minimum absolute atomic E-state index is 0.00276. The van der Waals surface area contributed by atoms with Crippen LogP contribution in [0.15, 0.2) is 54.4 Å². The summed E-state index contributed by atoms with van der Waals surface area (Å²) >= 11 is 0. The van der Waals surface area contributed by atoms with Crippen LogP contribution < -0.4 is 10.6 Å². The van der Waals surface area contributed by atoms with E-state index >= 15 is 0 Å². The fraction of sp³-hybridized carbons (Fsp3) is 0.440. The van der Waals surface area contributed by atoms with Crippen LogP contribution in [0, 0.1) is 0 Å². The molecule has 5 rings (SSSR count). The van der Waals surface area contributed by atoms with Crippen LogP contribution in [0.4, 0.5) is 0 Å². The molecule has 34 heavy (non-hydrogen) atoms. The molecular weight excluding hydrogens is 436 g/mol. The van der Waals surface area contributed by atoms with Crippen molar-refractivity contribution >= 4 is 17.5 Å². The molecule has 0 aliphatic carbocycles. The van der Waals surface area contributed by atoms with Crippen molar-refractivity contribution in [1.29, 1.82) is 0 Å². The quantitative estimate of drug-likeness (QED) is 0.590. The maximum Gasteiger partial charge on any atom is 0.264 e. The Balaban J connectivity index is 1.34. The number of aliphatic hydroxyl groups is 1. The number of nitrogens with zero attached hydrogens (tertiary/aromatic N) is 2. The zero-order valence-electron chi connectivity index (χ0n) is 19.0. The van der Waals surface area contributed by atoms with Gasteiger partial charge in [0.05, 0.1) is 36.8 Å². The van der Waals surface area contributed by atoms with Gasteiger partial charge in [-0.15, -0.1) is 0 Å². The van der Waals surface area contributed by atoms with Crippen molar-refractivity contribution in [2.75, 3.05) is 46.1 Å². The van der Waals surface area contributed by atoms with Gasteiger partial charge in [0.25, 0.3) is 11.8 Å². The van der Waals surface area contributed by atoms with Crippen LogP contribution in [0.25, 0.3) is 5.70 Å². The molecule has 4 heterocycles. The van der Waals surface area contributed by atoms with E-state index < -0.39 is 11.7 Å². The number of carbonyl (C=O) groups is 2. The van der Waals surface area contributed by atoms with Crippen LogP contribution in [-0.2, 0) is 14.3 Å². The van der Waals surface area contributed by atoms with E-state index in [2.05, 4.69) is 10.6 Å². The van der Waals surface area contributed by atoms with E-state index in [1.165, 1.54) is 0 Å². The maximum atomic E-state index is 13.3. The minimum atomic E-state index is -0.670. The maximum absolute atomic E-state index is 13.3. The van der Waals surface area contributed by atoms with E-state index in [-0.39, 0.29) is 18.4 Å². The Morgan fingerprint density at radius 3 is 2.47 bits per heavy atom. The Bertz CT molecular complexity index is 1020. The number of carbonyl (C=O) groups excluding carboxylic acids is 2. The van der Waals surface area contributed by atoms with Crippen molar-refractivity contribution in [2.45, 2.75) is 24.5 Å². The highest BCUT2D eigenvalue weighted by molar-refractivity contribution is 5.95. The third-order valence-corrected chi connectivity index (χ3v) is 6.81. The van der Waals surface area contributed by atoms with Crippen LogP contribution in [0.1, 0.15) is 28.8 Å². The molecule has 0 saturated carbocycles. The molecule has 1 aromatic rings. The molecule has 0 radical (unpaired) electrons. The van der Waals surface area contributed by atoms with E-state index in [0.717, 1.165) is 17.0 Å². The molecule has 2 fully saturated rings. The van der Waals surface area contributed by atoms with E-state index in [1.54, 1.807) is 4.90 Å². The summed E-state index contributed by atoms with van der Waals surface area (Å²) in [6.07, 6.45) is 8.14. The van der Waals surface area contributed by atoms with Gasteiger partial charge in [-0.05, 0) is 42.7 Å². The first-order valence-electron chi connectivity index (χ1n) is 11.7. The highest BCUT2D eigenvalue weighted by Gasteiger charge is 2.40. The summed E-state index contributed by atoms with van der Waals surface area (Å²) in [7, 11) is 0. The van der Waals surface area contributed by atoms with Crippen LogP contribution in [0.2, 0.25) is 0 Å². The molecule has 9 nitrogen and oxygen atoms in total. The van der Waals surface area contributed by atoms with Gasteiger partial charge in [-0.3, -0.25) is 9.59 Å². The molecule has 4 aliphatic rings. The highest BCUT2D eigenvalue weighted by Crippen LogP contribution is 2.32. The molecule has 1 unspecified atom stereocenters. The summed E-state index contributed by atoms with van der Waals surface area (Å²) in [4.78, 5) is 29.8. The number of rotatable bonds is 5. The number of hydrogen-bond acceptors (Lipinski definition) is 7. The predicted molar refractivity (Wildman–Crippen MR) is 125 cm³/mol. The third kappa shape index (κ3) is 4.34. The summed E-state index contributed by atoms with van der Waals surface area (Å²) < 4.78 is 10.7. The molecule has 2 amide bonds. The van der Waals surface area contributed by atoms with E-state index in [1.807, 2.05) is 53.6 Å². The lowest BCUT2D eigenvalue weighted by Gasteiger charge is -2.38. The molecule has 0 bridgehead atoms. The van der Waals surface area contributed by atoms with Crippen molar-refractivity contribution in [3.8, 4) is 0 Å². The summed E-state index contributed by atoms with van der Waals surface area (Å²) in [6, 6.07) is 7.46. The van der Waals surface area contributed by atoms with Gasteiger partial charge in [0, 0.05) is 38.1 Å².